The molecule has 0 amide bonds. The summed E-state index contributed by atoms with van der Waals surface area (Å²) in [6, 6.07) is 8.24. The van der Waals surface area contributed by atoms with E-state index in [2.05, 4.69) is 5.32 Å². The number of aryl methyl sites for hydroxylation is 1. The molecule has 5 heteroatoms. The molecule has 0 saturated carbocycles. The molecule has 0 fully saturated rings. The van der Waals surface area contributed by atoms with Gasteiger partial charge in [-0.25, -0.2) is 4.39 Å². The lowest BCUT2D eigenvalue weighted by molar-refractivity contribution is 0.469. The SMILES string of the molecule is Cc1ccc(O)c(CNc2cc(Cl)c(F)c(Cl)c2)c1. The minimum atomic E-state index is -0.632. The van der Waals surface area contributed by atoms with Crippen LogP contribution < -0.4 is 5.32 Å². The van der Waals surface area contributed by atoms with Gasteiger partial charge in [0.1, 0.15) is 5.75 Å². The second kappa shape index (κ2) is 5.68. The molecular weight excluding hydrogens is 288 g/mol. The fraction of sp³-hybridized carbons (Fsp3) is 0.143. The molecule has 0 spiro atoms. The Bertz CT molecular complexity index is 593. The molecule has 19 heavy (non-hydrogen) atoms. The van der Waals surface area contributed by atoms with Crippen molar-refractivity contribution < 1.29 is 9.50 Å². The first-order valence-corrected chi connectivity index (χ1v) is 6.40. The van der Waals surface area contributed by atoms with Crippen molar-refractivity contribution >= 4 is 28.9 Å². The Morgan fingerprint density at radius 2 is 1.79 bits per heavy atom. The molecular formula is C14H12Cl2FNO. The van der Waals surface area contributed by atoms with Crippen LogP contribution in [0.3, 0.4) is 0 Å². The zero-order chi connectivity index (χ0) is 14.0. The van der Waals surface area contributed by atoms with Crippen LogP contribution in [0.2, 0.25) is 10.0 Å². The monoisotopic (exact) mass is 299 g/mol. The third-order valence-electron chi connectivity index (χ3n) is 2.70. The highest BCUT2D eigenvalue weighted by Crippen LogP contribution is 2.28. The van der Waals surface area contributed by atoms with Crippen LogP contribution in [0.1, 0.15) is 11.1 Å². The van der Waals surface area contributed by atoms with Gasteiger partial charge in [0, 0.05) is 17.8 Å². The molecule has 2 rings (SSSR count). The van der Waals surface area contributed by atoms with Gasteiger partial charge in [-0.15, -0.1) is 0 Å². The van der Waals surface area contributed by atoms with Crippen molar-refractivity contribution in [1.82, 2.24) is 0 Å². The number of phenolic OH excluding ortho intramolecular Hbond substituents is 1. The minimum Gasteiger partial charge on any atom is -0.508 e. The summed E-state index contributed by atoms with van der Waals surface area (Å²) in [4.78, 5) is 0. The summed E-state index contributed by atoms with van der Waals surface area (Å²) < 4.78 is 13.3. The average Bonchev–Trinajstić information content (AvgIpc) is 2.37. The van der Waals surface area contributed by atoms with Crippen molar-refractivity contribution in [2.24, 2.45) is 0 Å². The van der Waals surface area contributed by atoms with Gasteiger partial charge in [-0.05, 0) is 25.1 Å². The van der Waals surface area contributed by atoms with Gasteiger partial charge in [0.05, 0.1) is 10.0 Å². The predicted molar refractivity (Wildman–Crippen MR) is 76.6 cm³/mol. The van der Waals surface area contributed by atoms with Crippen molar-refractivity contribution in [3.63, 3.8) is 0 Å². The second-order valence-electron chi connectivity index (χ2n) is 4.24. The van der Waals surface area contributed by atoms with Gasteiger partial charge in [-0.3, -0.25) is 0 Å². The lowest BCUT2D eigenvalue weighted by atomic mass is 10.1. The van der Waals surface area contributed by atoms with Crippen molar-refractivity contribution in [2.45, 2.75) is 13.5 Å². The Morgan fingerprint density at radius 3 is 2.42 bits per heavy atom. The van der Waals surface area contributed by atoms with Gasteiger partial charge in [0.25, 0.3) is 0 Å². The smallest absolute Gasteiger partial charge is 0.160 e. The third kappa shape index (κ3) is 3.31. The van der Waals surface area contributed by atoms with Crippen LogP contribution >= 0.6 is 23.2 Å². The first kappa shape index (κ1) is 14.0. The number of anilines is 1. The van der Waals surface area contributed by atoms with E-state index in [0.717, 1.165) is 11.1 Å². The van der Waals surface area contributed by atoms with E-state index in [1.165, 1.54) is 12.1 Å². The predicted octanol–water partition coefficient (Wildman–Crippen LogP) is 4.76. The first-order chi connectivity index (χ1) is 8.97. The topological polar surface area (TPSA) is 32.3 Å². The maximum atomic E-state index is 13.3. The zero-order valence-electron chi connectivity index (χ0n) is 10.2. The van der Waals surface area contributed by atoms with Gasteiger partial charge in [-0.1, -0.05) is 40.9 Å². The number of hydrogen-bond acceptors (Lipinski definition) is 2. The third-order valence-corrected chi connectivity index (χ3v) is 3.25. The molecule has 2 nitrogen and oxygen atoms in total. The highest BCUT2D eigenvalue weighted by Gasteiger charge is 2.08. The molecule has 0 aliphatic carbocycles. The van der Waals surface area contributed by atoms with E-state index in [4.69, 9.17) is 23.2 Å². The number of rotatable bonds is 3. The van der Waals surface area contributed by atoms with Crippen LogP contribution in [0, 0.1) is 12.7 Å². The highest BCUT2D eigenvalue weighted by molar-refractivity contribution is 6.35. The number of halogens is 3. The fourth-order valence-corrected chi connectivity index (χ4v) is 2.20. The summed E-state index contributed by atoms with van der Waals surface area (Å²) >= 11 is 11.4. The number of aromatic hydroxyl groups is 1. The quantitative estimate of drug-likeness (QED) is 0.801. The fourth-order valence-electron chi connectivity index (χ4n) is 1.71. The molecule has 0 atom stereocenters. The van der Waals surface area contributed by atoms with Gasteiger partial charge >= 0.3 is 0 Å². The van der Waals surface area contributed by atoms with E-state index in [0.29, 0.717) is 12.2 Å². The normalized spacial score (nSPS) is 10.5. The molecule has 0 saturated heterocycles. The molecule has 0 unspecified atom stereocenters. The Kier molecular flexibility index (Phi) is 4.17. The van der Waals surface area contributed by atoms with Crippen molar-refractivity contribution in [1.29, 1.82) is 0 Å². The minimum absolute atomic E-state index is 0.0385. The van der Waals surface area contributed by atoms with E-state index in [1.807, 2.05) is 19.1 Å². The standard InChI is InChI=1S/C14H12Cl2FNO/c1-8-2-3-13(19)9(4-8)7-18-10-5-11(15)14(17)12(16)6-10/h2-6,18-19H,7H2,1H3. The van der Waals surface area contributed by atoms with E-state index in [1.54, 1.807) is 6.07 Å². The molecule has 2 N–H and O–H groups in total. The van der Waals surface area contributed by atoms with Gasteiger partial charge in [0.2, 0.25) is 0 Å². The average molecular weight is 300 g/mol. The molecule has 0 bridgehead atoms. The zero-order valence-corrected chi connectivity index (χ0v) is 11.7. The molecule has 0 aliphatic heterocycles. The summed E-state index contributed by atoms with van der Waals surface area (Å²) in [5.41, 5.74) is 2.39. The lowest BCUT2D eigenvalue weighted by Crippen LogP contribution is -2.00. The molecule has 2 aromatic rings. The molecule has 2 aromatic carbocycles. The molecule has 0 aromatic heterocycles. The maximum absolute atomic E-state index is 13.3. The van der Waals surface area contributed by atoms with Crippen LogP contribution in [-0.2, 0) is 6.54 Å². The van der Waals surface area contributed by atoms with E-state index in [9.17, 15) is 9.50 Å². The van der Waals surface area contributed by atoms with Crippen LogP contribution in [0.4, 0.5) is 10.1 Å². The Balaban J connectivity index is 2.17. The van der Waals surface area contributed by atoms with Crippen LogP contribution in [-0.4, -0.2) is 5.11 Å². The van der Waals surface area contributed by atoms with E-state index in [-0.39, 0.29) is 15.8 Å². The van der Waals surface area contributed by atoms with Crippen molar-refractivity contribution in [2.75, 3.05) is 5.32 Å². The van der Waals surface area contributed by atoms with Crippen LogP contribution in [0.5, 0.6) is 5.75 Å². The number of nitrogens with one attached hydrogen (secondary N) is 1. The van der Waals surface area contributed by atoms with E-state index < -0.39 is 5.82 Å². The first-order valence-electron chi connectivity index (χ1n) is 5.64. The largest absolute Gasteiger partial charge is 0.508 e. The van der Waals surface area contributed by atoms with Gasteiger partial charge in [-0.2, -0.15) is 0 Å². The Labute approximate surface area is 120 Å². The summed E-state index contributed by atoms with van der Waals surface area (Å²) in [5.74, 6) is -0.426. The number of benzene rings is 2. The Hall–Kier alpha value is -1.45. The maximum Gasteiger partial charge on any atom is 0.160 e. The van der Waals surface area contributed by atoms with Crippen molar-refractivity contribution in [3.05, 3.63) is 57.3 Å². The summed E-state index contributed by atoms with van der Waals surface area (Å²) in [6.07, 6.45) is 0. The van der Waals surface area contributed by atoms with Gasteiger partial charge in [0.15, 0.2) is 5.82 Å². The summed E-state index contributed by atoms with van der Waals surface area (Å²) in [7, 11) is 0. The summed E-state index contributed by atoms with van der Waals surface area (Å²) in [5, 5.41) is 12.7. The van der Waals surface area contributed by atoms with Crippen molar-refractivity contribution in [3.8, 4) is 5.75 Å². The van der Waals surface area contributed by atoms with Gasteiger partial charge < -0.3 is 10.4 Å². The molecule has 0 heterocycles. The van der Waals surface area contributed by atoms with Crippen LogP contribution in [0.15, 0.2) is 30.3 Å². The van der Waals surface area contributed by atoms with E-state index >= 15 is 0 Å². The highest BCUT2D eigenvalue weighted by atomic mass is 35.5. The molecule has 0 radical (unpaired) electrons. The summed E-state index contributed by atoms with van der Waals surface area (Å²) in [6.45, 7) is 2.33. The number of phenols is 1. The number of hydrogen-bond donors (Lipinski definition) is 2. The Morgan fingerprint density at radius 1 is 1.16 bits per heavy atom. The molecule has 0 aliphatic rings. The second-order valence-corrected chi connectivity index (χ2v) is 5.05. The lowest BCUT2D eigenvalue weighted by Gasteiger charge is -2.10. The van der Waals surface area contributed by atoms with Crippen LogP contribution in [0.25, 0.3) is 0 Å². The molecule has 100 valence electrons.